The number of halogens is 1. The molecule has 0 saturated carbocycles. The van der Waals surface area contributed by atoms with E-state index in [1.807, 2.05) is 38.1 Å². The van der Waals surface area contributed by atoms with Crippen LogP contribution in [0, 0.1) is 12.7 Å². The number of piperazine rings is 1. The van der Waals surface area contributed by atoms with E-state index in [-0.39, 0.29) is 36.8 Å². The summed E-state index contributed by atoms with van der Waals surface area (Å²) in [5.74, 6) is -0.338. The molecule has 0 aliphatic carbocycles. The van der Waals surface area contributed by atoms with Gasteiger partial charge in [0.25, 0.3) is 5.91 Å². The third-order valence-electron chi connectivity index (χ3n) is 4.40. The van der Waals surface area contributed by atoms with E-state index >= 15 is 0 Å². The SMILES string of the molecule is Cc1cccc(N2C[C@@H](C)N(C(=O)COc3ccc(F)cc3)CC2=O)c1. The van der Waals surface area contributed by atoms with Crippen LogP contribution in [0.25, 0.3) is 0 Å². The van der Waals surface area contributed by atoms with E-state index in [0.717, 1.165) is 11.3 Å². The molecular weight excluding hydrogens is 335 g/mol. The van der Waals surface area contributed by atoms with Gasteiger partial charge >= 0.3 is 0 Å². The van der Waals surface area contributed by atoms with Crippen LogP contribution in [0.1, 0.15) is 12.5 Å². The zero-order valence-corrected chi connectivity index (χ0v) is 14.8. The molecule has 1 saturated heterocycles. The minimum absolute atomic E-state index is 0.0146. The first-order valence-electron chi connectivity index (χ1n) is 8.49. The van der Waals surface area contributed by atoms with E-state index < -0.39 is 0 Å². The highest BCUT2D eigenvalue weighted by Crippen LogP contribution is 2.21. The second-order valence-corrected chi connectivity index (χ2v) is 6.46. The summed E-state index contributed by atoms with van der Waals surface area (Å²) in [6, 6.07) is 13.1. The molecule has 0 unspecified atom stereocenters. The van der Waals surface area contributed by atoms with Crippen LogP contribution in [0.5, 0.6) is 5.75 Å². The van der Waals surface area contributed by atoms with E-state index in [4.69, 9.17) is 4.74 Å². The summed E-state index contributed by atoms with van der Waals surface area (Å²) in [5, 5.41) is 0. The molecule has 1 fully saturated rings. The molecule has 26 heavy (non-hydrogen) atoms. The Morgan fingerprint density at radius 2 is 1.96 bits per heavy atom. The van der Waals surface area contributed by atoms with Gasteiger partial charge in [-0.2, -0.15) is 0 Å². The monoisotopic (exact) mass is 356 g/mol. The molecule has 2 aromatic carbocycles. The Kier molecular flexibility index (Phi) is 5.21. The summed E-state index contributed by atoms with van der Waals surface area (Å²) in [6.07, 6.45) is 0. The first-order chi connectivity index (χ1) is 12.4. The maximum absolute atomic E-state index is 12.9. The van der Waals surface area contributed by atoms with Crippen molar-refractivity contribution in [2.75, 3.05) is 24.6 Å². The fraction of sp³-hybridized carbons (Fsp3) is 0.300. The van der Waals surface area contributed by atoms with Crippen molar-refractivity contribution in [2.24, 2.45) is 0 Å². The van der Waals surface area contributed by atoms with Crippen molar-refractivity contribution in [3.05, 3.63) is 59.9 Å². The first kappa shape index (κ1) is 17.9. The summed E-state index contributed by atoms with van der Waals surface area (Å²) in [7, 11) is 0. The molecular formula is C20H21FN2O3. The van der Waals surface area contributed by atoms with Crippen molar-refractivity contribution in [3.63, 3.8) is 0 Å². The van der Waals surface area contributed by atoms with Gasteiger partial charge in [-0.15, -0.1) is 0 Å². The van der Waals surface area contributed by atoms with Crippen LogP contribution in [0.4, 0.5) is 10.1 Å². The van der Waals surface area contributed by atoms with E-state index in [9.17, 15) is 14.0 Å². The molecule has 0 N–H and O–H groups in total. The molecule has 2 amide bonds. The van der Waals surface area contributed by atoms with Gasteiger partial charge in [0.2, 0.25) is 5.91 Å². The molecule has 5 nitrogen and oxygen atoms in total. The zero-order valence-electron chi connectivity index (χ0n) is 14.8. The highest BCUT2D eigenvalue weighted by Gasteiger charge is 2.33. The number of nitrogens with zero attached hydrogens (tertiary/aromatic N) is 2. The Balaban J connectivity index is 1.62. The lowest BCUT2D eigenvalue weighted by molar-refractivity contribution is -0.141. The molecule has 3 rings (SSSR count). The molecule has 6 heteroatoms. The Morgan fingerprint density at radius 1 is 1.23 bits per heavy atom. The van der Waals surface area contributed by atoms with Crippen LogP contribution in [0.3, 0.4) is 0 Å². The lowest BCUT2D eigenvalue weighted by Gasteiger charge is -2.39. The van der Waals surface area contributed by atoms with E-state index in [1.165, 1.54) is 29.2 Å². The number of aryl methyl sites for hydroxylation is 1. The smallest absolute Gasteiger partial charge is 0.261 e. The minimum atomic E-state index is -0.366. The van der Waals surface area contributed by atoms with Gasteiger partial charge < -0.3 is 14.5 Å². The Labute approximate surface area is 152 Å². The minimum Gasteiger partial charge on any atom is -0.484 e. The Hall–Kier alpha value is -2.89. The van der Waals surface area contributed by atoms with E-state index in [0.29, 0.717) is 12.3 Å². The van der Waals surface area contributed by atoms with Crippen LogP contribution < -0.4 is 9.64 Å². The number of hydrogen-bond donors (Lipinski definition) is 0. The number of carbonyl (C=O) groups is 2. The van der Waals surface area contributed by atoms with Crippen molar-refractivity contribution >= 4 is 17.5 Å². The fourth-order valence-corrected chi connectivity index (χ4v) is 2.99. The molecule has 1 heterocycles. The predicted octanol–water partition coefficient (Wildman–Crippen LogP) is 2.78. The van der Waals surface area contributed by atoms with Crippen molar-refractivity contribution in [2.45, 2.75) is 19.9 Å². The summed E-state index contributed by atoms with van der Waals surface area (Å²) in [6.45, 7) is 4.15. The van der Waals surface area contributed by atoms with Crippen molar-refractivity contribution in [1.29, 1.82) is 0 Å². The van der Waals surface area contributed by atoms with Gasteiger partial charge in [-0.3, -0.25) is 9.59 Å². The lowest BCUT2D eigenvalue weighted by atomic mass is 10.1. The number of anilines is 1. The van der Waals surface area contributed by atoms with Crippen LogP contribution in [-0.2, 0) is 9.59 Å². The van der Waals surface area contributed by atoms with Gasteiger partial charge in [0.15, 0.2) is 6.61 Å². The number of hydrogen-bond acceptors (Lipinski definition) is 3. The van der Waals surface area contributed by atoms with Gasteiger partial charge in [0.1, 0.15) is 18.1 Å². The number of amides is 2. The average Bonchev–Trinajstić information content (AvgIpc) is 2.62. The Bertz CT molecular complexity index is 807. The van der Waals surface area contributed by atoms with Gasteiger partial charge in [-0.05, 0) is 55.8 Å². The van der Waals surface area contributed by atoms with Gasteiger partial charge in [-0.1, -0.05) is 12.1 Å². The molecule has 0 radical (unpaired) electrons. The summed E-state index contributed by atoms with van der Waals surface area (Å²) >= 11 is 0. The fourth-order valence-electron chi connectivity index (χ4n) is 2.99. The van der Waals surface area contributed by atoms with Gasteiger partial charge in [0.05, 0.1) is 0 Å². The average molecular weight is 356 g/mol. The largest absolute Gasteiger partial charge is 0.484 e. The molecule has 0 bridgehead atoms. The van der Waals surface area contributed by atoms with Crippen molar-refractivity contribution in [3.8, 4) is 5.75 Å². The second-order valence-electron chi connectivity index (χ2n) is 6.46. The van der Waals surface area contributed by atoms with Gasteiger partial charge in [-0.25, -0.2) is 4.39 Å². The topological polar surface area (TPSA) is 49.9 Å². The first-order valence-corrected chi connectivity index (χ1v) is 8.49. The molecule has 0 aromatic heterocycles. The van der Waals surface area contributed by atoms with Crippen molar-refractivity contribution < 1.29 is 18.7 Å². The van der Waals surface area contributed by atoms with Crippen LogP contribution in [0.2, 0.25) is 0 Å². The predicted molar refractivity (Wildman–Crippen MR) is 96.6 cm³/mol. The molecule has 1 aliphatic heterocycles. The number of benzene rings is 2. The van der Waals surface area contributed by atoms with Crippen LogP contribution in [0.15, 0.2) is 48.5 Å². The normalized spacial score (nSPS) is 17.3. The number of carbonyl (C=O) groups excluding carboxylic acids is 2. The maximum Gasteiger partial charge on any atom is 0.261 e. The van der Waals surface area contributed by atoms with Crippen LogP contribution >= 0.6 is 0 Å². The van der Waals surface area contributed by atoms with E-state index in [2.05, 4.69) is 0 Å². The molecule has 136 valence electrons. The highest BCUT2D eigenvalue weighted by molar-refractivity contribution is 5.98. The van der Waals surface area contributed by atoms with Gasteiger partial charge in [0, 0.05) is 18.3 Å². The lowest BCUT2D eigenvalue weighted by Crippen LogP contribution is -2.58. The van der Waals surface area contributed by atoms with Crippen molar-refractivity contribution in [1.82, 2.24) is 4.90 Å². The highest BCUT2D eigenvalue weighted by atomic mass is 19.1. The Morgan fingerprint density at radius 3 is 2.65 bits per heavy atom. The standard InChI is InChI=1S/C20H21FN2O3/c1-14-4-3-5-17(10-14)23-11-15(2)22(12-19(23)24)20(25)13-26-18-8-6-16(21)7-9-18/h3-10,15H,11-13H2,1-2H3/t15-/m1/s1. The number of ether oxygens (including phenoxy) is 1. The number of rotatable bonds is 4. The zero-order chi connectivity index (χ0) is 18.7. The summed E-state index contributed by atoms with van der Waals surface area (Å²) in [5.41, 5.74) is 1.92. The quantitative estimate of drug-likeness (QED) is 0.846. The molecule has 1 atom stereocenters. The summed E-state index contributed by atoms with van der Waals surface area (Å²) < 4.78 is 18.3. The second kappa shape index (κ2) is 7.56. The summed E-state index contributed by atoms with van der Waals surface area (Å²) in [4.78, 5) is 28.2. The third-order valence-corrected chi connectivity index (χ3v) is 4.40. The molecule has 2 aromatic rings. The molecule has 1 aliphatic rings. The third kappa shape index (κ3) is 4.02. The van der Waals surface area contributed by atoms with Crippen LogP contribution in [-0.4, -0.2) is 42.5 Å². The molecule has 0 spiro atoms. The maximum atomic E-state index is 12.9. The van der Waals surface area contributed by atoms with E-state index in [1.54, 1.807) is 4.90 Å².